The third kappa shape index (κ3) is 1.37. The van der Waals surface area contributed by atoms with Gasteiger partial charge in [0, 0.05) is 11.6 Å². The molecular formula is C4H6ClNOS. The van der Waals surface area contributed by atoms with Crippen LogP contribution in [-0.2, 0) is 4.79 Å². The first kappa shape index (κ1) is 6.39. The van der Waals surface area contributed by atoms with E-state index < -0.39 is 0 Å². The molecule has 0 bridgehead atoms. The first-order valence-corrected chi connectivity index (χ1v) is 3.84. The lowest BCUT2D eigenvalue weighted by Crippen LogP contribution is -2.29. The van der Waals surface area contributed by atoms with E-state index >= 15 is 0 Å². The molecule has 4 heteroatoms. The molecular weight excluding hydrogens is 146 g/mol. The Balaban J connectivity index is 2.35. The van der Waals surface area contributed by atoms with E-state index in [1.54, 1.807) is 11.8 Å². The maximum Gasteiger partial charge on any atom is 0.239 e. The van der Waals surface area contributed by atoms with E-state index in [-0.39, 0.29) is 11.3 Å². The zero-order valence-corrected chi connectivity index (χ0v) is 5.76. The number of thioether (sulfide) groups is 1. The Hall–Kier alpha value is 0.270. The summed E-state index contributed by atoms with van der Waals surface area (Å²) in [6.45, 7) is 0. The highest BCUT2D eigenvalue weighted by Crippen LogP contribution is 2.10. The topological polar surface area (TPSA) is 29.1 Å². The van der Waals surface area contributed by atoms with Gasteiger partial charge in [-0.15, -0.1) is 11.8 Å². The smallest absolute Gasteiger partial charge is 0.239 e. The third-order valence-electron chi connectivity index (χ3n) is 0.990. The molecule has 0 aromatic carbocycles. The van der Waals surface area contributed by atoms with E-state index in [2.05, 4.69) is 5.32 Å². The molecule has 0 spiro atoms. The number of carbonyl (C=O) groups excluding carboxylic acids is 1. The number of rotatable bonds is 1. The summed E-state index contributed by atoms with van der Waals surface area (Å²) in [5.74, 6) is 1.67. The van der Waals surface area contributed by atoms with E-state index in [9.17, 15) is 4.79 Å². The van der Waals surface area contributed by atoms with Crippen LogP contribution in [0.4, 0.5) is 0 Å². The van der Waals surface area contributed by atoms with Crippen LogP contribution in [0.3, 0.4) is 0 Å². The molecule has 1 atom stereocenters. The minimum atomic E-state index is -0.269. The SMILES string of the molecule is O=C(Cl)[C@H]1CSCN1. The summed E-state index contributed by atoms with van der Waals surface area (Å²) in [6, 6.07) is -0.0957. The van der Waals surface area contributed by atoms with Crippen molar-refractivity contribution in [2.45, 2.75) is 6.04 Å². The second-order valence-electron chi connectivity index (χ2n) is 1.58. The number of halogens is 1. The van der Waals surface area contributed by atoms with Crippen molar-refractivity contribution in [3.8, 4) is 0 Å². The molecule has 1 rings (SSSR count). The van der Waals surface area contributed by atoms with Gasteiger partial charge in [0.05, 0.1) is 6.04 Å². The molecule has 8 heavy (non-hydrogen) atoms. The van der Waals surface area contributed by atoms with Crippen molar-refractivity contribution in [2.24, 2.45) is 0 Å². The number of hydrogen-bond donors (Lipinski definition) is 1. The molecule has 0 aromatic heterocycles. The highest BCUT2D eigenvalue weighted by molar-refractivity contribution is 7.99. The quantitative estimate of drug-likeness (QED) is 0.551. The average Bonchev–Trinajstić information content (AvgIpc) is 2.12. The van der Waals surface area contributed by atoms with Gasteiger partial charge in [0.25, 0.3) is 0 Å². The molecule has 1 heterocycles. The summed E-state index contributed by atoms with van der Waals surface area (Å²) in [6.07, 6.45) is 0. The van der Waals surface area contributed by atoms with Crippen LogP contribution >= 0.6 is 23.4 Å². The Labute approximate surface area is 57.0 Å². The standard InChI is InChI=1S/C4H6ClNOS/c5-4(7)3-1-8-2-6-3/h3,6H,1-2H2/t3-/m1/s1. The van der Waals surface area contributed by atoms with Crippen molar-refractivity contribution in [1.29, 1.82) is 0 Å². The van der Waals surface area contributed by atoms with Crippen LogP contribution in [0.15, 0.2) is 0 Å². The second-order valence-corrected chi connectivity index (χ2v) is 2.98. The summed E-state index contributed by atoms with van der Waals surface area (Å²) in [4.78, 5) is 10.3. The average molecular weight is 152 g/mol. The lowest BCUT2D eigenvalue weighted by molar-refractivity contribution is -0.112. The van der Waals surface area contributed by atoms with Crippen molar-refractivity contribution < 1.29 is 4.79 Å². The number of carbonyl (C=O) groups is 1. The summed E-state index contributed by atoms with van der Waals surface area (Å²) in [5, 5.41) is 2.67. The van der Waals surface area contributed by atoms with E-state index in [0.717, 1.165) is 11.6 Å². The van der Waals surface area contributed by atoms with Gasteiger partial charge in [0.1, 0.15) is 0 Å². The molecule has 1 N–H and O–H groups in total. The molecule has 0 aromatic rings. The number of nitrogens with one attached hydrogen (secondary N) is 1. The van der Waals surface area contributed by atoms with Gasteiger partial charge in [-0.1, -0.05) is 0 Å². The first-order valence-electron chi connectivity index (χ1n) is 2.31. The third-order valence-corrected chi connectivity index (χ3v) is 2.19. The van der Waals surface area contributed by atoms with Crippen LogP contribution < -0.4 is 5.32 Å². The molecule has 2 nitrogen and oxygen atoms in total. The fourth-order valence-electron chi connectivity index (χ4n) is 0.541. The Bertz CT molecular complexity index is 102. The highest BCUT2D eigenvalue weighted by atomic mass is 35.5. The zero-order chi connectivity index (χ0) is 5.98. The molecule has 1 aliphatic heterocycles. The summed E-state index contributed by atoms with van der Waals surface area (Å²) < 4.78 is 0. The van der Waals surface area contributed by atoms with E-state index in [1.165, 1.54) is 0 Å². The zero-order valence-electron chi connectivity index (χ0n) is 4.19. The molecule has 0 amide bonds. The molecule has 46 valence electrons. The normalized spacial score (nSPS) is 28.4. The largest absolute Gasteiger partial charge is 0.297 e. The Morgan fingerprint density at radius 1 is 1.88 bits per heavy atom. The van der Waals surface area contributed by atoms with Gasteiger partial charge >= 0.3 is 0 Å². The fourth-order valence-corrected chi connectivity index (χ4v) is 1.73. The van der Waals surface area contributed by atoms with Crippen LogP contribution in [-0.4, -0.2) is 22.9 Å². The van der Waals surface area contributed by atoms with Crippen molar-refractivity contribution in [2.75, 3.05) is 11.6 Å². The lowest BCUT2D eigenvalue weighted by atomic mass is 10.4. The van der Waals surface area contributed by atoms with Gasteiger partial charge < -0.3 is 0 Å². The van der Waals surface area contributed by atoms with Crippen LogP contribution in [0.2, 0.25) is 0 Å². The molecule has 0 unspecified atom stereocenters. The minimum Gasteiger partial charge on any atom is -0.297 e. The summed E-state index contributed by atoms with van der Waals surface area (Å²) in [5.41, 5.74) is 0. The van der Waals surface area contributed by atoms with E-state index in [0.29, 0.717) is 0 Å². The molecule has 0 saturated carbocycles. The van der Waals surface area contributed by atoms with Gasteiger partial charge in [0.2, 0.25) is 5.24 Å². The van der Waals surface area contributed by atoms with E-state index in [4.69, 9.17) is 11.6 Å². The second kappa shape index (κ2) is 2.71. The lowest BCUT2D eigenvalue weighted by Gasteiger charge is -1.98. The molecule has 1 aliphatic rings. The monoisotopic (exact) mass is 151 g/mol. The molecule has 0 radical (unpaired) electrons. The van der Waals surface area contributed by atoms with Crippen LogP contribution in [0.5, 0.6) is 0 Å². The Kier molecular flexibility index (Phi) is 2.16. The first-order chi connectivity index (χ1) is 3.80. The molecule has 1 fully saturated rings. The van der Waals surface area contributed by atoms with Crippen LogP contribution in [0.25, 0.3) is 0 Å². The molecule has 1 saturated heterocycles. The summed E-state index contributed by atoms with van der Waals surface area (Å²) in [7, 11) is 0. The van der Waals surface area contributed by atoms with Crippen molar-refractivity contribution in [1.82, 2.24) is 5.32 Å². The van der Waals surface area contributed by atoms with Gasteiger partial charge in [0.15, 0.2) is 0 Å². The van der Waals surface area contributed by atoms with Crippen molar-refractivity contribution in [3.63, 3.8) is 0 Å². The van der Waals surface area contributed by atoms with Crippen molar-refractivity contribution in [3.05, 3.63) is 0 Å². The Morgan fingerprint density at radius 2 is 2.62 bits per heavy atom. The van der Waals surface area contributed by atoms with E-state index in [1.807, 2.05) is 0 Å². The summed E-state index contributed by atoms with van der Waals surface area (Å²) >= 11 is 6.86. The van der Waals surface area contributed by atoms with Gasteiger partial charge in [-0.05, 0) is 11.6 Å². The van der Waals surface area contributed by atoms with Crippen LogP contribution in [0.1, 0.15) is 0 Å². The fraction of sp³-hybridized carbons (Fsp3) is 0.750. The maximum atomic E-state index is 10.3. The van der Waals surface area contributed by atoms with Gasteiger partial charge in [-0.2, -0.15) is 0 Å². The number of hydrogen-bond acceptors (Lipinski definition) is 3. The van der Waals surface area contributed by atoms with Crippen LogP contribution in [0, 0.1) is 0 Å². The minimum absolute atomic E-state index is 0.0957. The van der Waals surface area contributed by atoms with Crippen molar-refractivity contribution >= 4 is 28.6 Å². The molecule has 0 aliphatic carbocycles. The maximum absolute atomic E-state index is 10.3. The predicted octanol–water partition coefficient (Wildman–Crippen LogP) is 0.414. The van der Waals surface area contributed by atoms with Gasteiger partial charge in [-0.3, -0.25) is 10.1 Å². The predicted molar refractivity (Wildman–Crippen MR) is 35.1 cm³/mol. The Morgan fingerprint density at radius 3 is 2.88 bits per heavy atom. The van der Waals surface area contributed by atoms with Gasteiger partial charge in [-0.25, -0.2) is 0 Å². The highest BCUT2D eigenvalue weighted by Gasteiger charge is 2.19.